The highest BCUT2D eigenvalue weighted by molar-refractivity contribution is 6.32. The van der Waals surface area contributed by atoms with Gasteiger partial charge in [0.25, 0.3) is 0 Å². The molecule has 270 valence electrons. The molecule has 2 aromatic rings. The first-order valence-electron chi connectivity index (χ1n) is 15.8. The number of Topliss-reactive ketones (excluding diaryl/α,β-unsaturated/α-hetero) is 1. The molecule has 2 aromatic carbocycles. The third kappa shape index (κ3) is 6.06. The Morgan fingerprint density at radius 1 is 1.08 bits per heavy atom. The maximum Gasteiger partial charge on any atom is 0.471 e. The van der Waals surface area contributed by atoms with Crippen LogP contribution in [0.5, 0.6) is 11.5 Å². The van der Waals surface area contributed by atoms with Crippen molar-refractivity contribution >= 4 is 28.9 Å². The zero-order valence-electron chi connectivity index (χ0n) is 27.1. The second kappa shape index (κ2) is 13.0. The Labute approximate surface area is 282 Å². The van der Waals surface area contributed by atoms with Crippen LogP contribution in [0.2, 0.25) is 0 Å². The molecule has 2 aliphatic heterocycles. The lowest BCUT2D eigenvalue weighted by Gasteiger charge is -2.47. The van der Waals surface area contributed by atoms with Gasteiger partial charge in [-0.15, -0.1) is 0 Å². The standard InChI is InChI=1S/C33H35F3N2O12/c1-13-26(40)18(38-7-8-48-21(12-38)47-3)9-20(49-13)50-19-11-32(46,14(2)39)10-16-23(19)30(44)25-24(28(16)42)27(41)15-5-4-6-17(22(15)29(25)43)37-31(45)33(34,35)36/h4-6,13,18-21,26,40,42,44,46H,7-12H2,1-3H3,(H,37,45)/t13-,18-,19-,20-,21-,26+,32-/m0/s1. The van der Waals surface area contributed by atoms with Gasteiger partial charge in [0.15, 0.2) is 29.9 Å². The Balaban J connectivity index is 1.42. The van der Waals surface area contributed by atoms with E-state index in [1.54, 1.807) is 12.2 Å². The van der Waals surface area contributed by atoms with E-state index in [0.29, 0.717) is 19.7 Å². The molecule has 2 fully saturated rings. The van der Waals surface area contributed by atoms with E-state index >= 15 is 0 Å². The van der Waals surface area contributed by atoms with Gasteiger partial charge in [-0.05, 0) is 19.9 Å². The van der Waals surface area contributed by atoms with Crippen molar-refractivity contribution in [1.82, 2.24) is 4.90 Å². The SMILES string of the molecule is CO[C@@H]1CN([C@H]2C[C@H](O[C@H]3C[C@](O)(C(C)=O)Cc4c(O)c5c(c(O)c43)C(=O)c3c(NC(=O)C(F)(F)F)cccc3C5=O)O[C@@H](C)[C@H]2O)CCO1. The molecule has 5 N–H and O–H groups in total. The Morgan fingerprint density at radius 3 is 2.44 bits per heavy atom. The van der Waals surface area contributed by atoms with Gasteiger partial charge in [0.2, 0.25) is 0 Å². The summed E-state index contributed by atoms with van der Waals surface area (Å²) in [6.45, 7) is 3.80. The van der Waals surface area contributed by atoms with E-state index in [1.807, 2.05) is 4.90 Å². The number of carbonyl (C=O) groups is 4. The number of hydrogen-bond acceptors (Lipinski definition) is 13. The van der Waals surface area contributed by atoms with Crippen molar-refractivity contribution < 1.29 is 71.7 Å². The molecule has 0 spiro atoms. The van der Waals surface area contributed by atoms with E-state index in [-0.39, 0.29) is 17.5 Å². The summed E-state index contributed by atoms with van der Waals surface area (Å²) in [7, 11) is 1.48. The van der Waals surface area contributed by atoms with Crippen molar-refractivity contribution in [3.63, 3.8) is 0 Å². The van der Waals surface area contributed by atoms with Crippen LogP contribution < -0.4 is 5.32 Å². The summed E-state index contributed by atoms with van der Waals surface area (Å²) in [4.78, 5) is 54.2. The van der Waals surface area contributed by atoms with Crippen LogP contribution in [0, 0.1) is 0 Å². The first kappa shape index (κ1) is 35.8. The molecule has 17 heteroatoms. The number of aromatic hydroxyl groups is 2. The van der Waals surface area contributed by atoms with Crippen LogP contribution in [0.3, 0.4) is 0 Å². The van der Waals surface area contributed by atoms with Gasteiger partial charge in [-0.25, -0.2) is 0 Å². The van der Waals surface area contributed by atoms with Gasteiger partial charge in [-0.2, -0.15) is 13.2 Å². The zero-order valence-corrected chi connectivity index (χ0v) is 27.1. The number of ketones is 3. The summed E-state index contributed by atoms with van der Waals surface area (Å²) in [5.41, 5.74) is -5.91. The zero-order chi connectivity index (χ0) is 36.4. The fourth-order valence-corrected chi connectivity index (χ4v) is 7.20. The molecule has 2 aliphatic carbocycles. The minimum Gasteiger partial charge on any atom is -0.507 e. The molecule has 2 saturated heterocycles. The summed E-state index contributed by atoms with van der Waals surface area (Å²) in [5.74, 6) is -7.10. The van der Waals surface area contributed by atoms with Crippen LogP contribution in [0.25, 0.3) is 0 Å². The molecule has 0 saturated carbocycles. The number of benzene rings is 2. The number of fused-ring (bicyclic) bond motifs is 3. The average molecular weight is 709 g/mol. The number of nitrogens with zero attached hydrogens (tertiary/aromatic N) is 1. The van der Waals surface area contributed by atoms with E-state index in [2.05, 4.69) is 0 Å². The van der Waals surface area contributed by atoms with E-state index < -0.39 is 124 Å². The number of halogens is 3. The maximum absolute atomic E-state index is 14.0. The highest BCUT2D eigenvalue weighted by Gasteiger charge is 2.50. The number of phenols is 2. The normalized spacial score (nSPS) is 29.9. The minimum atomic E-state index is -5.33. The molecule has 4 aliphatic rings. The third-order valence-electron chi connectivity index (χ3n) is 9.84. The van der Waals surface area contributed by atoms with Crippen LogP contribution in [-0.4, -0.2) is 118 Å². The highest BCUT2D eigenvalue weighted by atomic mass is 19.4. The van der Waals surface area contributed by atoms with Gasteiger partial charge < -0.3 is 44.7 Å². The first-order chi connectivity index (χ1) is 23.5. The number of nitrogens with one attached hydrogen (secondary N) is 1. The lowest BCUT2D eigenvalue weighted by Crippen LogP contribution is -2.59. The number of aliphatic hydroxyl groups excluding tert-OH is 1. The Bertz CT molecular complexity index is 1770. The van der Waals surface area contributed by atoms with Gasteiger partial charge in [-0.1, -0.05) is 12.1 Å². The van der Waals surface area contributed by atoms with Crippen LogP contribution in [0.4, 0.5) is 18.9 Å². The number of alkyl halides is 3. The third-order valence-corrected chi connectivity index (χ3v) is 9.84. The number of methoxy groups -OCH3 is 1. The minimum absolute atomic E-state index is 0.0526. The predicted molar refractivity (Wildman–Crippen MR) is 163 cm³/mol. The maximum atomic E-state index is 14.0. The van der Waals surface area contributed by atoms with Crippen molar-refractivity contribution in [2.24, 2.45) is 0 Å². The number of anilines is 1. The van der Waals surface area contributed by atoms with Gasteiger partial charge >= 0.3 is 12.1 Å². The number of carbonyl (C=O) groups excluding carboxylic acids is 4. The van der Waals surface area contributed by atoms with E-state index in [0.717, 1.165) is 25.1 Å². The van der Waals surface area contributed by atoms with Crippen LogP contribution in [0.15, 0.2) is 18.2 Å². The van der Waals surface area contributed by atoms with Crippen molar-refractivity contribution in [3.05, 3.63) is 51.6 Å². The quantitative estimate of drug-likeness (QED) is 0.233. The number of hydrogen-bond donors (Lipinski definition) is 5. The summed E-state index contributed by atoms with van der Waals surface area (Å²) in [5, 5.41) is 47.3. The summed E-state index contributed by atoms with van der Waals surface area (Å²) in [6, 6.07) is 2.66. The van der Waals surface area contributed by atoms with Gasteiger partial charge in [0, 0.05) is 62.2 Å². The Morgan fingerprint density at radius 2 is 1.78 bits per heavy atom. The number of morpholine rings is 1. The van der Waals surface area contributed by atoms with E-state index in [1.165, 1.54) is 7.11 Å². The largest absolute Gasteiger partial charge is 0.507 e. The number of rotatable bonds is 6. The molecule has 7 atom stereocenters. The highest BCUT2D eigenvalue weighted by Crippen LogP contribution is 2.52. The lowest BCUT2D eigenvalue weighted by molar-refractivity contribution is -0.266. The Hall–Kier alpha value is -3.97. The molecule has 6 rings (SSSR count). The van der Waals surface area contributed by atoms with Crippen molar-refractivity contribution in [3.8, 4) is 11.5 Å². The van der Waals surface area contributed by atoms with Crippen LogP contribution >= 0.6 is 0 Å². The number of phenolic OH excluding ortho intramolecular Hbond substituents is 2. The van der Waals surface area contributed by atoms with Gasteiger partial charge in [0.1, 0.15) is 17.1 Å². The predicted octanol–water partition coefficient (Wildman–Crippen LogP) is 1.87. The molecular weight excluding hydrogens is 673 g/mol. The number of amides is 1. The van der Waals surface area contributed by atoms with Gasteiger partial charge in [0.05, 0.1) is 47.3 Å². The second-order valence-corrected chi connectivity index (χ2v) is 12.9. The molecule has 50 heavy (non-hydrogen) atoms. The van der Waals surface area contributed by atoms with E-state index in [4.69, 9.17) is 18.9 Å². The van der Waals surface area contributed by atoms with Crippen LogP contribution in [-0.2, 0) is 35.0 Å². The van der Waals surface area contributed by atoms with Crippen molar-refractivity contribution in [2.75, 3.05) is 32.1 Å². The average Bonchev–Trinajstić information content (AvgIpc) is 3.06. The number of ether oxygens (including phenoxy) is 4. The second-order valence-electron chi connectivity index (χ2n) is 12.9. The molecule has 2 heterocycles. The molecule has 0 radical (unpaired) electrons. The lowest BCUT2D eigenvalue weighted by atomic mass is 9.72. The van der Waals surface area contributed by atoms with Crippen molar-refractivity contribution in [1.29, 1.82) is 0 Å². The molecular formula is C33H35F3N2O12. The van der Waals surface area contributed by atoms with Gasteiger partial charge in [-0.3, -0.25) is 24.1 Å². The molecule has 0 unspecified atom stereocenters. The Kier molecular flexibility index (Phi) is 9.30. The fraction of sp³-hybridized carbons (Fsp3) is 0.515. The molecule has 1 amide bonds. The molecule has 0 aromatic heterocycles. The smallest absolute Gasteiger partial charge is 0.471 e. The van der Waals surface area contributed by atoms with Crippen molar-refractivity contribution in [2.45, 2.75) is 81.8 Å². The number of aliphatic hydroxyl groups is 2. The molecule has 14 nitrogen and oxygen atoms in total. The summed E-state index contributed by atoms with van der Waals surface area (Å²) < 4.78 is 62.4. The summed E-state index contributed by atoms with van der Waals surface area (Å²) >= 11 is 0. The monoisotopic (exact) mass is 708 g/mol. The molecule has 0 bridgehead atoms. The first-order valence-corrected chi connectivity index (χ1v) is 15.8. The fourth-order valence-electron chi connectivity index (χ4n) is 7.20. The van der Waals surface area contributed by atoms with Crippen LogP contribution in [0.1, 0.15) is 75.8 Å². The van der Waals surface area contributed by atoms with E-state index in [9.17, 15) is 52.8 Å². The topological polar surface area (TPSA) is 201 Å². The summed E-state index contributed by atoms with van der Waals surface area (Å²) in [6.07, 6.45) is -11.2.